The second kappa shape index (κ2) is 11.1. The number of amides is 3. The summed E-state index contributed by atoms with van der Waals surface area (Å²) in [6, 6.07) is 6.58. The summed E-state index contributed by atoms with van der Waals surface area (Å²) in [6.45, 7) is 4.99. The van der Waals surface area contributed by atoms with E-state index in [9.17, 15) is 9.59 Å². The van der Waals surface area contributed by atoms with Gasteiger partial charge < -0.3 is 26.4 Å². The molecular weight excluding hydrogens is 368 g/mol. The first-order chi connectivity index (χ1) is 12.5. The minimum atomic E-state index is -0.639. The monoisotopic (exact) mass is 398 g/mol. The smallest absolute Gasteiger partial charge is 0.312 e. The molecule has 5 N–H and O–H groups in total. The minimum Gasteiger partial charge on any atom is -0.384 e. The number of primary amides is 1. The van der Waals surface area contributed by atoms with Gasteiger partial charge >= 0.3 is 6.03 Å². The number of rotatable bonds is 8. The first-order valence-corrected chi connectivity index (χ1v) is 9.04. The topological polar surface area (TPSA) is 105 Å². The van der Waals surface area contributed by atoms with Crippen molar-refractivity contribution in [3.63, 3.8) is 0 Å². The molecule has 2 rings (SSSR count). The minimum absolute atomic E-state index is 0. The lowest BCUT2D eigenvalue weighted by molar-refractivity contribution is -0.122. The number of nitrogens with one attached hydrogen (secondary N) is 3. The van der Waals surface area contributed by atoms with Crippen molar-refractivity contribution in [2.75, 3.05) is 33.4 Å². The molecule has 1 aliphatic rings. The van der Waals surface area contributed by atoms with Gasteiger partial charge in [-0.3, -0.25) is 4.79 Å². The quantitative estimate of drug-likeness (QED) is 0.534. The van der Waals surface area contributed by atoms with E-state index in [0.717, 1.165) is 37.1 Å². The van der Waals surface area contributed by atoms with E-state index in [-0.39, 0.29) is 30.2 Å². The number of carbonyl (C=O) groups is 2. The fourth-order valence-electron chi connectivity index (χ4n) is 3.57. The number of aryl methyl sites for hydroxylation is 1. The summed E-state index contributed by atoms with van der Waals surface area (Å²) < 4.78 is 5.38. The van der Waals surface area contributed by atoms with E-state index in [1.54, 1.807) is 7.11 Å². The Kier molecular flexibility index (Phi) is 9.55. The standard InChI is InChI=1S/C19H30N4O3.ClH/c1-14-5-3-4-6-15(14)16(23-18(20)25)11-17(24)22-12-19(13-26-2)7-9-21-10-8-19;/h3-6,16,21H,7-13H2,1-2H3,(H,22,24)(H3,20,23,25);1H. The number of methoxy groups -OCH3 is 1. The highest BCUT2D eigenvalue weighted by Crippen LogP contribution is 2.28. The summed E-state index contributed by atoms with van der Waals surface area (Å²) in [6.07, 6.45) is 2.07. The van der Waals surface area contributed by atoms with Crippen LogP contribution in [-0.2, 0) is 9.53 Å². The molecule has 0 aliphatic carbocycles. The molecule has 1 saturated heterocycles. The van der Waals surface area contributed by atoms with Crippen LogP contribution in [0.15, 0.2) is 24.3 Å². The second-order valence-corrected chi connectivity index (χ2v) is 7.08. The lowest BCUT2D eigenvalue weighted by Gasteiger charge is -2.37. The van der Waals surface area contributed by atoms with Crippen molar-refractivity contribution in [1.82, 2.24) is 16.0 Å². The van der Waals surface area contributed by atoms with Crippen molar-refractivity contribution >= 4 is 24.3 Å². The summed E-state index contributed by atoms with van der Waals surface area (Å²) in [5.74, 6) is -0.110. The maximum atomic E-state index is 12.5. The Hall–Kier alpha value is -1.83. The Labute approximate surface area is 167 Å². The molecule has 3 amide bonds. The van der Waals surface area contributed by atoms with Crippen molar-refractivity contribution in [2.24, 2.45) is 11.1 Å². The molecule has 0 aromatic heterocycles. The van der Waals surface area contributed by atoms with Gasteiger partial charge in [0, 0.05) is 19.1 Å². The molecule has 0 spiro atoms. The van der Waals surface area contributed by atoms with E-state index in [1.807, 2.05) is 31.2 Å². The molecule has 27 heavy (non-hydrogen) atoms. The summed E-state index contributed by atoms with van der Waals surface area (Å²) in [5.41, 5.74) is 7.17. The summed E-state index contributed by atoms with van der Waals surface area (Å²) in [4.78, 5) is 23.9. The van der Waals surface area contributed by atoms with E-state index >= 15 is 0 Å². The number of hydrogen-bond donors (Lipinski definition) is 4. The molecule has 1 fully saturated rings. The third kappa shape index (κ3) is 7.01. The van der Waals surface area contributed by atoms with Crippen LogP contribution < -0.4 is 21.7 Å². The van der Waals surface area contributed by atoms with Crippen LogP contribution in [0.4, 0.5) is 4.79 Å². The zero-order valence-electron chi connectivity index (χ0n) is 16.0. The molecule has 1 heterocycles. The largest absolute Gasteiger partial charge is 0.384 e. The van der Waals surface area contributed by atoms with Gasteiger partial charge in [0.25, 0.3) is 0 Å². The Bertz CT molecular complexity index is 615. The van der Waals surface area contributed by atoms with Gasteiger partial charge in [0.05, 0.1) is 19.1 Å². The van der Waals surface area contributed by atoms with Crippen molar-refractivity contribution in [2.45, 2.75) is 32.2 Å². The van der Waals surface area contributed by atoms with Crippen molar-refractivity contribution in [3.05, 3.63) is 35.4 Å². The summed E-state index contributed by atoms with van der Waals surface area (Å²) in [5, 5.41) is 9.05. The fraction of sp³-hybridized carbons (Fsp3) is 0.579. The Morgan fingerprint density at radius 2 is 1.96 bits per heavy atom. The molecule has 8 heteroatoms. The lowest BCUT2D eigenvalue weighted by atomic mass is 9.79. The Balaban J connectivity index is 0.00000364. The molecule has 1 unspecified atom stereocenters. The third-order valence-corrected chi connectivity index (χ3v) is 5.05. The molecule has 0 saturated carbocycles. The number of halogens is 1. The Morgan fingerprint density at radius 3 is 2.56 bits per heavy atom. The van der Waals surface area contributed by atoms with Gasteiger partial charge in [-0.05, 0) is 44.0 Å². The number of hydrogen-bond acceptors (Lipinski definition) is 4. The van der Waals surface area contributed by atoms with E-state index in [1.165, 1.54) is 0 Å². The van der Waals surface area contributed by atoms with Crippen LogP contribution >= 0.6 is 12.4 Å². The molecule has 1 aliphatic heterocycles. The van der Waals surface area contributed by atoms with Crippen LogP contribution in [0, 0.1) is 12.3 Å². The number of carbonyl (C=O) groups excluding carboxylic acids is 2. The maximum Gasteiger partial charge on any atom is 0.312 e. The number of piperidine rings is 1. The van der Waals surface area contributed by atoms with Gasteiger partial charge in [-0.1, -0.05) is 24.3 Å². The normalized spacial score (nSPS) is 16.7. The molecule has 1 aromatic carbocycles. The fourth-order valence-corrected chi connectivity index (χ4v) is 3.57. The highest BCUT2D eigenvalue weighted by Gasteiger charge is 2.32. The van der Waals surface area contributed by atoms with E-state index in [2.05, 4.69) is 16.0 Å². The van der Waals surface area contributed by atoms with Gasteiger partial charge in [-0.15, -0.1) is 12.4 Å². The van der Waals surface area contributed by atoms with Crippen LogP contribution in [-0.4, -0.2) is 45.3 Å². The molecule has 7 nitrogen and oxygen atoms in total. The van der Waals surface area contributed by atoms with E-state index in [0.29, 0.717) is 13.2 Å². The van der Waals surface area contributed by atoms with E-state index in [4.69, 9.17) is 10.5 Å². The van der Waals surface area contributed by atoms with Crippen LogP contribution in [0.2, 0.25) is 0 Å². The summed E-state index contributed by atoms with van der Waals surface area (Å²) in [7, 11) is 1.69. The highest BCUT2D eigenvalue weighted by atomic mass is 35.5. The molecule has 1 atom stereocenters. The van der Waals surface area contributed by atoms with Crippen molar-refractivity contribution in [3.8, 4) is 0 Å². The number of benzene rings is 1. The van der Waals surface area contributed by atoms with Gasteiger partial charge in [0.1, 0.15) is 0 Å². The van der Waals surface area contributed by atoms with E-state index < -0.39 is 12.1 Å². The molecular formula is C19H31ClN4O3. The third-order valence-electron chi connectivity index (χ3n) is 5.05. The summed E-state index contributed by atoms with van der Waals surface area (Å²) >= 11 is 0. The number of ether oxygens (including phenoxy) is 1. The maximum absolute atomic E-state index is 12.5. The second-order valence-electron chi connectivity index (χ2n) is 7.08. The molecule has 0 radical (unpaired) electrons. The number of nitrogens with two attached hydrogens (primary N) is 1. The average molecular weight is 399 g/mol. The van der Waals surface area contributed by atoms with Crippen LogP contribution in [0.5, 0.6) is 0 Å². The predicted octanol–water partition coefficient (Wildman–Crippen LogP) is 1.65. The first kappa shape index (κ1) is 23.2. The van der Waals surface area contributed by atoms with Crippen LogP contribution in [0.25, 0.3) is 0 Å². The van der Waals surface area contributed by atoms with Crippen molar-refractivity contribution in [1.29, 1.82) is 0 Å². The van der Waals surface area contributed by atoms with Gasteiger partial charge in [0.15, 0.2) is 0 Å². The average Bonchev–Trinajstić information content (AvgIpc) is 2.61. The van der Waals surface area contributed by atoms with Gasteiger partial charge in [-0.2, -0.15) is 0 Å². The van der Waals surface area contributed by atoms with Crippen LogP contribution in [0.1, 0.15) is 36.4 Å². The van der Waals surface area contributed by atoms with Crippen molar-refractivity contribution < 1.29 is 14.3 Å². The van der Waals surface area contributed by atoms with Crippen LogP contribution in [0.3, 0.4) is 0 Å². The van der Waals surface area contributed by atoms with Gasteiger partial charge in [0.2, 0.25) is 5.91 Å². The SMILES string of the molecule is COCC1(CNC(=O)CC(NC(N)=O)c2ccccc2C)CCNCC1.Cl. The van der Waals surface area contributed by atoms with Gasteiger partial charge in [-0.25, -0.2) is 4.79 Å². The molecule has 0 bridgehead atoms. The predicted molar refractivity (Wildman–Crippen MR) is 108 cm³/mol. The number of urea groups is 1. The lowest BCUT2D eigenvalue weighted by Crippen LogP contribution is -2.47. The highest BCUT2D eigenvalue weighted by molar-refractivity contribution is 5.85. The molecule has 1 aromatic rings. The first-order valence-electron chi connectivity index (χ1n) is 9.04. The zero-order valence-corrected chi connectivity index (χ0v) is 16.9. The molecule has 152 valence electrons. The Morgan fingerprint density at radius 1 is 1.30 bits per heavy atom. The zero-order chi connectivity index (χ0) is 19.0.